The van der Waals surface area contributed by atoms with Crippen molar-refractivity contribution in [3.63, 3.8) is 0 Å². The molecule has 0 spiro atoms. The molecule has 2 heterocycles. The van der Waals surface area contributed by atoms with Crippen molar-refractivity contribution in [3.05, 3.63) is 94.5 Å². The third kappa shape index (κ3) is 7.17. The van der Waals surface area contributed by atoms with Crippen molar-refractivity contribution in [2.24, 2.45) is 5.92 Å². The van der Waals surface area contributed by atoms with Gasteiger partial charge in [0.05, 0.1) is 5.92 Å². The molecule has 3 aromatic carbocycles. The van der Waals surface area contributed by atoms with Gasteiger partial charge in [-0.15, -0.1) is 0 Å². The van der Waals surface area contributed by atoms with Crippen molar-refractivity contribution in [3.8, 4) is 11.8 Å². The maximum Gasteiger partial charge on any atom is 0.247 e. The number of halogens is 1. The Kier molecular flexibility index (Phi) is 8.89. The van der Waals surface area contributed by atoms with Crippen molar-refractivity contribution in [1.29, 1.82) is 0 Å². The third-order valence-corrected chi connectivity index (χ3v) is 7.74. The molecular weight excluding hydrogens is 552 g/mol. The number of anilines is 2. The van der Waals surface area contributed by atoms with Crippen molar-refractivity contribution in [2.45, 2.75) is 38.8 Å². The molecule has 3 aromatic rings. The van der Waals surface area contributed by atoms with Crippen LogP contribution in [-0.4, -0.2) is 52.6 Å². The fourth-order valence-corrected chi connectivity index (χ4v) is 5.34. The zero-order valence-electron chi connectivity index (χ0n) is 23.2. The molecule has 2 aliphatic heterocycles. The van der Waals surface area contributed by atoms with Crippen molar-refractivity contribution in [1.82, 2.24) is 9.80 Å². The van der Waals surface area contributed by atoms with Crippen LogP contribution in [0.1, 0.15) is 42.9 Å². The SMILES string of the molecule is CC(=O)N1CCC[C@H]1C(=O)Nc1ccc(C#Cc2ccc(NC(=O)C3CC(=O)N(Cc4ccc(Cl)cc4)C3)cc2)cc1. The molecular formula is C33H31ClN4O4. The van der Waals surface area contributed by atoms with Crippen LogP contribution in [0, 0.1) is 17.8 Å². The van der Waals surface area contributed by atoms with E-state index in [4.69, 9.17) is 11.6 Å². The Labute approximate surface area is 250 Å². The van der Waals surface area contributed by atoms with Crippen molar-refractivity contribution < 1.29 is 19.2 Å². The van der Waals surface area contributed by atoms with Gasteiger partial charge in [0.1, 0.15) is 6.04 Å². The lowest BCUT2D eigenvalue weighted by Crippen LogP contribution is -2.42. The molecule has 2 N–H and O–H groups in total. The number of likely N-dealkylation sites (tertiary alicyclic amines) is 2. The summed E-state index contributed by atoms with van der Waals surface area (Å²) < 4.78 is 0. The normalized spacial score (nSPS) is 17.9. The number of hydrogen-bond donors (Lipinski definition) is 2. The van der Waals surface area contributed by atoms with E-state index >= 15 is 0 Å². The molecule has 0 aromatic heterocycles. The number of benzene rings is 3. The smallest absolute Gasteiger partial charge is 0.247 e. The predicted octanol–water partition coefficient (Wildman–Crippen LogP) is 4.68. The maximum absolute atomic E-state index is 12.8. The lowest BCUT2D eigenvalue weighted by molar-refractivity contribution is -0.134. The standard InChI is InChI=1S/C33H31ClN4O4/c1-22(39)38-18-2-3-30(38)33(42)36-29-16-10-24(11-17-29)5-4-23-8-14-28(15-9-23)35-32(41)26-19-31(40)37(21-26)20-25-6-12-27(34)13-7-25/h6-17,26,30H,2-3,18-21H2,1H3,(H,35,41)(H,36,42)/t26?,30-/m0/s1. The first-order valence-electron chi connectivity index (χ1n) is 13.9. The van der Waals surface area contributed by atoms with E-state index in [0.717, 1.165) is 23.1 Å². The number of nitrogens with one attached hydrogen (secondary N) is 2. The first-order chi connectivity index (χ1) is 20.2. The molecule has 2 saturated heterocycles. The highest BCUT2D eigenvalue weighted by Crippen LogP contribution is 2.23. The largest absolute Gasteiger partial charge is 0.338 e. The Bertz CT molecular complexity index is 1540. The van der Waals surface area contributed by atoms with Gasteiger partial charge in [-0.05, 0) is 79.1 Å². The van der Waals surface area contributed by atoms with Gasteiger partial charge in [-0.2, -0.15) is 0 Å². The lowest BCUT2D eigenvalue weighted by Gasteiger charge is -2.22. The van der Waals surface area contributed by atoms with Gasteiger partial charge in [-0.1, -0.05) is 35.6 Å². The van der Waals surface area contributed by atoms with Crippen LogP contribution < -0.4 is 10.6 Å². The first-order valence-corrected chi connectivity index (χ1v) is 14.3. The van der Waals surface area contributed by atoms with Crippen LogP contribution in [0.5, 0.6) is 0 Å². The minimum Gasteiger partial charge on any atom is -0.338 e. The summed E-state index contributed by atoms with van der Waals surface area (Å²) in [5, 5.41) is 6.44. The zero-order valence-corrected chi connectivity index (χ0v) is 24.0. The molecule has 2 atom stereocenters. The average molecular weight is 583 g/mol. The second-order valence-electron chi connectivity index (χ2n) is 10.6. The predicted molar refractivity (Wildman–Crippen MR) is 162 cm³/mol. The molecule has 5 rings (SSSR count). The molecule has 0 saturated carbocycles. The van der Waals surface area contributed by atoms with E-state index in [2.05, 4.69) is 22.5 Å². The summed E-state index contributed by atoms with van der Waals surface area (Å²) in [6.07, 6.45) is 1.68. The summed E-state index contributed by atoms with van der Waals surface area (Å²) in [6, 6.07) is 21.4. The van der Waals surface area contributed by atoms with E-state index in [-0.39, 0.29) is 30.0 Å². The van der Waals surface area contributed by atoms with E-state index in [9.17, 15) is 19.2 Å². The van der Waals surface area contributed by atoms with Gasteiger partial charge in [0, 0.05) is 60.5 Å². The number of carbonyl (C=O) groups excluding carboxylic acids is 4. The van der Waals surface area contributed by atoms with Gasteiger partial charge < -0.3 is 20.4 Å². The molecule has 0 radical (unpaired) electrons. The summed E-state index contributed by atoms with van der Waals surface area (Å²) in [5.41, 5.74) is 3.82. The summed E-state index contributed by atoms with van der Waals surface area (Å²) in [7, 11) is 0. The zero-order chi connectivity index (χ0) is 29.6. The quantitative estimate of drug-likeness (QED) is 0.413. The summed E-state index contributed by atoms with van der Waals surface area (Å²) in [5.74, 6) is 5.30. The van der Waals surface area contributed by atoms with E-state index < -0.39 is 12.0 Å². The average Bonchev–Trinajstić information content (AvgIpc) is 3.62. The monoisotopic (exact) mass is 582 g/mol. The Morgan fingerprint density at radius 3 is 2.00 bits per heavy atom. The molecule has 2 fully saturated rings. The van der Waals surface area contributed by atoms with Crippen molar-refractivity contribution >= 4 is 46.6 Å². The lowest BCUT2D eigenvalue weighted by atomic mass is 10.1. The molecule has 0 bridgehead atoms. The molecule has 42 heavy (non-hydrogen) atoms. The number of nitrogens with zero attached hydrogens (tertiary/aromatic N) is 2. The van der Waals surface area contributed by atoms with Crippen LogP contribution in [0.2, 0.25) is 5.02 Å². The maximum atomic E-state index is 12.8. The van der Waals surface area contributed by atoms with Crippen LogP contribution in [-0.2, 0) is 25.7 Å². The summed E-state index contributed by atoms with van der Waals surface area (Å²) in [6.45, 7) is 2.92. The van der Waals surface area contributed by atoms with Crippen LogP contribution in [0.15, 0.2) is 72.8 Å². The van der Waals surface area contributed by atoms with Crippen LogP contribution in [0.3, 0.4) is 0 Å². The summed E-state index contributed by atoms with van der Waals surface area (Å²) >= 11 is 5.94. The van der Waals surface area contributed by atoms with E-state index in [0.29, 0.717) is 42.5 Å². The fraction of sp³-hybridized carbons (Fsp3) is 0.273. The molecule has 4 amide bonds. The minimum absolute atomic E-state index is 0.0421. The Morgan fingerprint density at radius 1 is 0.857 bits per heavy atom. The Morgan fingerprint density at radius 2 is 1.43 bits per heavy atom. The second-order valence-corrected chi connectivity index (χ2v) is 11.0. The molecule has 9 heteroatoms. The summed E-state index contributed by atoms with van der Waals surface area (Å²) in [4.78, 5) is 53.0. The highest BCUT2D eigenvalue weighted by Gasteiger charge is 2.34. The van der Waals surface area contributed by atoms with E-state index in [1.54, 1.807) is 46.2 Å². The Balaban J connectivity index is 1.11. The topological polar surface area (TPSA) is 98.8 Å². The fourth-order valence-electron chi connectivity index (χ4n) is 5.22. The minimum atomic E-state index is -0.426. The van der Waals surface area contributed by atoms with Gasteiger partial charge >= 0.3 is 0 Å². The van der Waals surface area contributed by atoms with Crippen LogP contribution in [0.25, 0.3) is 0 Å². The molecule has 0 aliphatic carbocycles. The van der Waals surface area contributed by atoms with Gasteiger partial charge in [-0.25, -0.2) is 0 Å². The van der Waals surface area contributed by atoms with Crippen LogP contribution >= 0.6 is 11.6 Å². The van der Waals surface area contributed by atoms with Gasteiger partial charge in [0.25, 0.3) is 0 Å². The van der Waals surface area contributed by atoms with E-state index in [1.807, 2.05) is 36.4 Å². The first kappa shape index (κ1) is 28.9. The van der Waals surface area contributed by atoms with Crippen molar-refractivity contribution in [2.75, 3.05) is 23.7 Å². The third-order valence-electron chi connectivity index (χ3n) is 7.49. The molecule has 214 valence electrons. The Hall–Kier alpha value is -4.61. The number of amides is 4. The van der Waals surface area contributed by atoms with Gasteiger partial charge in [0.15, 0.2) is 0 Å². The van der Waals surface area contributed by atoms with Gasteiger partial charge in [-0.3, -0.25) is 19.2 Å². The molecule has 8 nitrogen and oxygen atoms in total. The molecule has 1 unspecified atom stereocenters. The highest BCUT2D eigenvalue weighted by atomic mass is 35.5. The number of hydrogen-bond acceptors (Lipinski definition) is 4. The van der Waals surface area contributed by atoms with E-state index in [1.165, 1.54) is 6.92 Å². The molecule has 2 aliphatic rings. The number of rotatable bonds is 6. The van der Waals surface area contributed by atoms with Crippen LogP contribution in [0.4, 0.5) is 11.4 Å². The highest BCUT2D eigenvalue weighted by molar-refractivity contribution is 6.30. The van der Waals surface area contributed by atoms with Gasteiger partial charge in [0.2, 0.25) is 23.6 Å². The second kappa shape index (κ2) is 12.9. The number of carbonyl (C=O) groups is 4.